The van der Waals surface area contributed by atoms with Crippen LogP contribution in [-0.2, 0) is 14.4 Å². The van der Waals surface area contributed by atoms with E-state index in [0.29, 0.717) is 5.69 Å². The molecule has 1 aromatic rings. The number of nitrogens with zero attached hydrogens (tertiary/aromatic N) is 1. The number of benzene rings is 1. The molecule has 1 N–H and O–H groups in total. The van der Waals surface area contributed by atoms with Gasteiger partial charge in [0, 0.05) is 9.26 Å². The van der Waals surface area contributed by atoms with E-state index in [0.717, 1.165) is 34.2 Å². The van der Waals surface area contributed by atoms with Crippen molar-refractivity contribution in [1.29, 1.82) is 0 Å². The summed E-state index contributed by atoms with van der Waals surface area (Å²) in [4.78, 5) is 37.9. The van der Waals surface area contributed by atoms with E-state index in [4.69, 9.17) is 0 Å². The summed E-state index contributed by atoms with van der Waals surface area (Å²) in [6.45, 7) is -0.184. The monoisotopic (exact) mass is 412 g/mol. The van der Waals surface area contributed by atoms with Crippen LogP contribution in [0.3, 0.4) is 0 Å². The summed E-state index contributed by atoms with van der Waals surface area (Å²) >= 11 is 2.16. The first-order valence-corrected chi connectivity index (χ1v) is 8.55. The van der Waals surface area contributed by atoms with E-state index >= 15 is 0 Å². The number of rotatable bonds is 3. The van der Waals surface area contributed by atoms with Crippen molar-refractivity contribution in [1.82, 2.24) is 4.90 Å². The predicted octanol–water partition coefficient (Wildman–Crippen LogP) is 2.40. The average molecular weight is 412 g/mol. The Morgan fingerprint density at radius 2 is 1.82 bits per heavy atom. The van der Waals surface area contributed by atoms with Gasteiger partial charge in [0.25, 0.3) is 0 Å². The number of anilines is 1. The quantitative estimate of drug-likeness (QED) is 0.613. The molecule has 3 rings (SSSR count). The first-order valence-electron chi connectivity index (χ1n) is 7.47. The van der Waals surface area contributed by atoms with Crippen molar-refractivity contribution >= 4 is 46.0 Å². The van der Waals surface area contributed by atoms with Gasteiger partial charge in [0.15, 0.2) is 0 Å². The van der Waals surface area contributed by atoms with Crippen LogP contribution in [-0.4, -0.2) is 29.2 Å². The Bertz CT molecular complexity index is 608. The molecule has 22 heavy (non-hydrogen) atoms. The van der Waals surface area contributed by atoms with Crippen LogP contribution < -0.4 is 5.32 Å². The maximum atomic E-state index is 12.3. The van der Waals surface area contributed by atoms with Gasteiger partial charge >= 0.3 is 0 Å². The molecule has 6 heteroatoms. The average Bonchev–Trinajstić information content (AvgIpc) is 2.73. The fourth-order valence-electron chi connectivity index (χ4n) is 3.30. The topological polar surface area (TPSA) is 66.5 Å². The van der Waals surface area contributed by atoms with Crippen LogP contribution in [0.25, 0.3) is 0 Å². The lowest BCUT2D eigenvalue weighted by Crippen LogP contribution is -2.38. The third-order valence-corrected chi connectivity index (χ3v) is 5.01. The normalized spacial score (nSPS) is 24.3. The van der Waals surface area contributed by atoms with Crippen LogP contribution >= 0.6 is 22.6 Å². The summed E-state index contributed by atoms with van der Waals surface area (Å²) in [7, 11) is 0. The molecule has 0 spiro atoms. The number of hydrogen-bond acceptors (Lipinski definition) is 3. The number of carbonyl (C=O) groups is 3. The zero-order valence-electron chi connectivity index (χ0n) is 12.0. The van der Waals surface area contributed by atoms with Gasteiger partial charge in [-0.1, -0.05) is 18.9 Å². The smallest absolute Gasteiger partial charge is 0.244 e. The summed E-state index contributed by atoms with van der Waals surface area (Å²) in [6, 6.07) is 7.39. The molecule has 0 aromatic heterocycles. The Morgan fingerprint density at radius 3 is 2.41 bits per heavy atom. The van der Waals surface area contributed by atoms with Gasteiger partial charge in [-0.15, -0.1) is 0 Å². The molecule has 2 atom stereocenters. The zero-order valence-corrected chi connectivity index (χ0v) is 14.2. The number of carbonyl (C=O) groups excluding carboxylic acids is 3. The number of fused-ring (bicyclic) bond motifs is 1. The van der Waals surface area contributed by atoms with E-state index in [2.05, 4.69) is 27.9 Å². The van der Waals surface area contributed by atoms with Crippen LogP contribution in [0.1, 0.15) is 25.7 Å². The van der Waals surface area contributed by atoms with Crippen molar-refractivity contribution in [3.63, 3.8) is 0 Å². The number of imide groups is 1. The molecular weight excluding hydrogens is 395 g/mol. The van der Waals surface area contributed by atoms with Gasteiger partial charge in [0.05, 0.1) is 11.8 Å². The molecule has 0 radical (unpaired) electrons. The number of halogens is 1. The van der Waals surface area contributed by atoms with Gasteiger partial charge < -0.3 is 5.32 Å². The van der Waals surface area contributed by atoms with Crippen molar-refractivity contribution in [2.24, 2.45) is 11.8 Å². The van der Waals surface area contributed by atoms with E-state index in [1.807, 2.05) is 18.2 Å². The third-order valence-electron chi connectivity index (χ3n) is 4.34. The van der Waals surface area contributed by atoms with Crippen LogP contribution in [0.15, 0.2) is 24.3 Å². The summed E-state index contributed by atoms with van der Waals surface area (Å²) in [6.07, 6.45) is 3.51. The van der Waals surface area contributed by atoms with Crippen molar-refractivity contribution in [2.45, 2.75) is 25.7 Å². The molecule has 0 bridgehead atoms. The van der Waals surface area contributed by atoms with Crippen LogP contribution in [0.2, 0.25) is 0 Å². The Hall–Kier alpha value is -1.44. The predicted molar refractivity (Wildman–Crippen MR) is 90.0 cm³/mol. The van der Waals surface area contributed by atoms with E-state index in [1.54, 1.807) is 6.07 Å². The van der Waals surface area contributed by atoms with Crippen molar-refractivity contribution in [3.05, 3.63) is 27.8 Å². The molecular formula is C16H17IN2O3. The summed E-state index contributed by atoms with van der Waals surface area (Å²) in [5.74, 6) is -1.08. The molecule has 2 aliphatic rings. The van der Waals surface area contributed by atoms with E-state index in [-0.39, 0.29) is 36.1 Å². The minimum atomic E-state index is -0.331. The third kappa shape index (κ3) is 3.02. The van der Waals surface area contributed by atoms with Crippen LogP contribution in [0, 0.1) is 15.4 Å². The highest BCUT2D eigenvalue weighted by atomic mass is 127. The molecule has 1 saturated heterocycles. The molecule has 1 aliphatic carbocycles. The first kappa shape index (κ1) is 15.5. The lowest BCUT2D eigenvalue weighted by molar-refractivity contribution is -0.142. The van der Waals surface area contributed by atoms with Gasteiger partial charge in [-0.25, -0.2) is 0 Å². The zero-order chi connectivity index (χ0) is 15.7. The maximum Gasteiger partial charge on any atom is 0.244 e. The van der Waals surface area contributed by atoms with Gasteiger partial charge in [0.1, 0.15) is 6.54 Å². The highest BCUT2D eigenvalue weighted by molar-refractivity contribution is 14.1. The van der Waals surface area contributed by atoms with Gasteiger partial charge in [-0.3, -0.25) is 19.3 Å². The number of hydrogen-bond donors (Lipinski definition) is 1. The fourth-order valence-corrected chi connectivity index (χ4v) is 3.84. The van der Waals surface area contributed by atoms with Crippen molar-refractivity contribution < 1.29 is 14.4 Å². The van der Waals surface area contributed by atoms with Crippen molar-refractivity contribution in [2.75, 3.05) is 11.9 Å². The summed E-state index contributed by atoms with van der Waals surface area (Å²) in [5, 5.41) is 2.74. The lowest BCUT2D eigenvalue weighted by Gasteiger charge is -2.19. The largest absolute Gasteiger partial charge is 0.324 e. The number of likely N-dealkylation sites (tertiary alicyclic amines) is 1. The minimum absolute atomic E-state index is 0.174. The summed E-state index contributed by atoms with van der Waals surface area (Å²) < 4.78 is 1.01. The summed E-state index contributed by atoms with van der Waals surface area (Å²) in [5.41, 5.74) is 0.674. The van der Waals surface area contributed by atoms with Gasteiger partial charge in [0.2, 0.25) is 17.7 Å². The number of nitrogens with one attached hydrogen (secondary N) is 1. The second-order valence-electron chi connectivity index (χ2n) is 5.82. The van der Waals surface area contributed by atoms with Gasteiger partial charge in [-0.2, -0.15) is 0 Å². The van der Waals surface area contributed by atoms with E-state index < -0.39 is 0 Å². The Balaban J connectivity index is 1.66. The molecule has 2 unspecified atom stereocenters. The molecule has 5 nitrogen and oxygen atoms in total. The van der Waals surface area contributed by atoms with Gasteiger partial charge in [-0.05, 0) is 53.6 Å². The number of amides is 3. The van der Waals surface area contributed by atoms with E-state index in [9.17, 15) is 14.4 Å². The molecule has 1 heterocycles. The maximum absolute atomic E-state index is 12.3. The highest BCUT2D eigenvalue weighted by Crippen LogP contribution is 2.37. The molecule has 2 fully saturated rings. The second kappa shape index (κ2) is 6.36. The SMILES string of the molecule is O=C(CN1C(=O)C2CCCCC2C1=O)Nc1cccc(I)c1. The Labute approximate surface area is 142 Å². The van der Waals surface area contributed by atoms with Crippen LogP contribution in [0.4, 0.5) is 5.69 Å². The van der Waals surface area contributed by atoms with Crippen LogP contribution in [0.5, 0.6) is 0 Å². The molecule has 1 saturated carbocycles. The molecule has 1 aromatic carbocycles. The minimum Gasteiger partial charge on any atom is -0.324 e. The second-order valence-corrected chi connectivity index (χ2v) is 7.06. The Morgan fingerprint density at radius 1 is 1.18 bits per heavy atom. The molecule has 1 aliphatic heterocycles. The standard InChI is InChI=1S/C16H17IN2O3/c17-10-4-3-5-11(8-10)18-14(20)9-19-15(21)12-6-1-2-7-13(12)16(19)22/h3-5,8,12-13H,1-2,6-7,9H2,(H,18,20). The molecule has 3 amide bonds. The highest BCUT2D eigenvalue weighted by Gasteiger charge is 2.48. The van der Waals surface area contributed by atoms with E-state index in [1.165, 1.54) is 0 Å². The Kier molecular flexibility index (Phi) is 4.46. The first-order chi connectivity index (χ1) is 10.6. The lowest BCUT2D eigenvalue weighted by atomic mass is 9.81. The molecule has 116 valence electrons. The fraction of sp³-hybridized carbons (Fsp3) is 0.438. The van der Waals surface area contributed by atoms with Crippen molar-refractivity contribution in [3.8, 4) is 0 Å².